The van der Waals surface area contributed by atoms with Gasteiger partial charge in [-0.2, -0.15) is 5.10 Å². The largest absolute Gasteiger partial charge is 0.496 e. The summed E-state index contributed by atoms with van der Waals surface area (Å²) in [4.78, 5) is 115. The highest BCUT2D eigenvalue weighted by Gasteiger charge is 2.48. The van der Waals surface area contributed by atoms with Crippen LogP contribution in [0.1, 0.15) is 110 Å². The van der Waals surface area contributed by atoms with Gasteiger partial charge in [0.25, 0.3) is 11.8 Å². The van der Waals surface area contributed by atoms with Crippen LogP contribution in [-0.4, -0.2) is 264 Å². The molecule has 2 heterocycles. The summed E-state index contributed by atoms with van der Waals surface area (Å²) in [6.07, 6.45) is 7.99. The topological polar surface area (TPSA) is 300 Å². The fourth-order valence-electron chi connectivity index (χ4n) is 11.6. The van der Waals surface area contributed by atoms with E-state index >= 15 is 0 Å². The molecule has 2 unspecified atom stereocenters. The van der Waals surface area contributed by atoms with E-state index < -0.39 is 35.3 Å². The summed E-state index contributed by atoms with van der Waals surface area (Å²) >= 11 is 0. The first-order valence-corrected chi connectivity index (χ1v) is 30.5. The number of nitrogens with one attached hydrogen (secondary N) is 2. The highest BCUT2D eigenvalue weighted by molar-refractivity contribution is 5.99. The maximum absolute atomic E-state index is 14.3. The molecule has 3 aliphatic rings. The van der Waals surface area contributed by atoms with E-state index in [9.17, 15) is 58.8 Å². The van der Waals surface area contributed by atoms with Crippen LogP contribution in [0.4, 0.5) is 0 Å². The van der Waals surface area contributed by atoms with E-state index in [0.717, 1.165) is 37.9 Å². The number of amides is 4. The zero-order valence-corrected chi connectivity index (χ0v) is 52.3. The molecule has 1 saturated carbocycles. The minimum Gasteiger partial charge on any atom is -0.496 e. The predicted molar refractivity (Wildman–Crippen MR) is 329 cm³/mol. The molecule has 4 amide bonds. The number of carboxylic acids is 4. The summed E-state index contributed by atoms with van der Waals surface area (Å²) in [6, 6.07) is 12.4. The van der Waals surface area contributed by atoms with E-state index in [4.69, 9.17) is 14.6 Å². The molecule has 0 radical (unpaired) electrons. The van der Waals surface area contributed by atoms with Crippen molar-refractivity contribution in [2.24, 2.45) is 5.92 Å². The van der Waals surface area contributed by atoms with Gasteiger partial charge in [0.2, 0.25) is 11.8 Å². The van der Waals surface area contributed by atoms with Crippen molar-refractivity contribution in [2.45, 2.75) is 89.5 Å². The van der Waals surface area contributed by atoms with Crippen LogP contribution in [0.2, 0.25) is 0 Å². The molecule has 0 spiro atoms. The molecule has 3 aromatic rings. The molecule has 2 aromatic carbocycles. The predicted octanol–water partition coefficient (Wildman–Crippen LogP) is 3.91. The van der Waals surface area contributed by atoms with Gasteiger partial charge in [-0.1, -0.05) is 26.3 Å². The summed E-state index contributed by atoms with van der Waals surface area (Å²) in [5.74, 6) is -4.11. The lowest BCUT2D eigenvalue weighted by Gasteiger charge is -2.39. The number of methoxy groups -OCH3 is 2. The molecule has 6 rings (SSSR count). The van der Waals surface area contributed by atoms with Crippen molar-refractivity contribution in [3.05, 3.63) is 76.7 Å². The van der Waals surface area contributed by atoms with Gasteiger partial charge in [-0.05, 0) is 131 Å². The Bertz CT molecular complexity index is 2940. The van der Waals surface area contributed by atoms with Gasteiger partial charge in [-0.25, -0.2) is 9.48 Å². The van der Waals surface area contributed by atoms with Gasteiger partial charge in [0.15, 0.2) is 11.2 Å². The molecule has 2 bridgehead atoms. The lowest BCUT2D eigenvalue weighted by Crippen LogP contribution is -2.58. The number of carbonyl (C=O) groups is 8. The second kappa shape index (κ2) is 33.6. The highest BCUT2D eigenvalue weighted by atomic mass is 16.5. The number of ether oxygens (including phenoxy) is 2. The number of aromatic nitrogens is 2. The van der Waals surface area contributed by atoms with E-state index in [1.54, 1.807) is 73.6 Å². The number of carboxylic acid groups (broad SMARTS) is 4. The normalized spacial score (nSPS) is 18.0. The Kier molecular flexibility index (Phi) is 26.5. The summed E-state index contributed by atoms with van der Waals surface area (Å²) in [7, 11) is 8.66. The average Bonchev–Trinajstić information content (AvgIpc) is 3.32. The number of carbonyl (C=O) groups excluding carboxylic acids is 4. The maximum atomic E-state index is 14.3. The second-order valence-corrected chi connectivity index (χ2v) is 23.6. The number of benzene rings is 2. The van der Waals surface area contributed by atoms with Gasteiger partial charge in [-0.3, -0.25) is 53.2 Å². The molecule has 2 fully saturated rings. The molecule has 1 aliphatic heterocycles. The minimum absolute atomic E-state index is 0.0157. The lowest BCUT2D eigenvalue weighted by molar-refractivity contribution is -0.144. The van der Waals surface area contributed by atoms with E-state index in [1.165, 1.54) is 14.2 Å². The third kappa shape index (κ3) is 19.9. The number of unbranched alkanes of at least 4 members (excludes halogenated alkanes) is 2. The second-order valence-electron chi connectivity index (χ2n) is 23.6. The van der Waals surface area contributed by atoms with Crippen molar-refractivity contribution < 1.29 is 68.3 Å². The Labute approximate surface area is 515 Å². The Hall–Kier alpha value is -7.67. The Balaban J connectivity index is 0.950. The van der Waals surface area contributed by atoms with Crippen LogP contribution in [0.25, 0.3) is 16.9 Å². The molecular weight excluding hydrogens is 1130 g/mol. The fourth-order valence-corrected chi connectivity index (χ4v) is 11.6. The monoisotopic (exact) mass is 1230 g/mol. The maximum Gasteiger partial charge on any atom is 0.334 e. The van der Waals surface area contributed by atoms with Crippen molar-refractivity contribution in [2.75, 3.05) is 147 Å². The molecule has 6 N–H and O–H groups in total. The van der Waals surface area contributed by atoms with Crippen molar-refractivity contribution in [3.8, 4) is 28.4 Å². The molecule has 1 saturated heterocycles. The van der Waals surface area contributed by atoms with Gasteiger partial charge >= 0.3 is 23.9 Å². The van der Waals surface area contributed by atoms with Crippen LogP contribution in [-0.2, 0) is 28.8 Å². The standard InChI is InChI=1S/C63H91N11O14/c1-44(2)48-38-46(20-21-50(48)74-51(59-52(87-6)17-12-18-53(59)88-7)39-49(66-74)60(83)65-63(62(85)86)23-22-45-15-11-16-47(63)37-45)61(84)69(5)28-14-26-67(3)25-13-27-68(4)55(76)19-9-8-10-24-64-54(75)40-70-29-31-71(41-56(77)78)33-35-73(43-58(81)82)36-34-72(32-30-70)42-57(79)80/h11-12,17-18,20-21,38-39,44-45H,8-10,13-15,19,22-37,40-43H2,1-7H3,(H,64,75)(H,65,83)(H,77,78)(H,79,80)(H,81,82)(H,85,86). The Morgan fingerprint density at radius 3 is 1.80 bits per heavy atom. The van der Waals surface area contributed by atoms with Crippen LogP contribution in [0.5, 0.6) is 11.5 Å². The van der Waals surface area contributed by atoms with Crippen LogP contribution >= 0.6 is 0 Å². The number of rotatable bonds is 31. The van der Waals surface area contributed by atoms with Crippen LogP contribution < -0.4 is 20.1 Å². The molecule has 1 aromatic heterocycles. The van der Waals surface area contributed by atoms with Crippen LogP contribution in [0, 0.1) is 5.92 Å². The van der Waals surface area contributed by atoms with Gasteiger partial charge in [0.1, 0.15) is 11.5 Å². The van der Waals surface area contributed by atoms with Crippen molar-refractivity contribution >= 4 is 47.5 Å². The summed E-state index contributed by atoms with van der Waals surface area (Å²) < 4.78 is 13.2. The lowest BCUT2D eigenvalue weighted by atomic mass is 9.70. The molecule has 2 atom stereocenters. The Morgan fingerprint density at radius 1 is 0.705 bits per heavy atom. The van der Waals surface area contributed by atoms with Crippen molar-refractivity contribution in [1.82, 2.24) is 54.7 Å². The first-order chi connectivity index (χ1) is 42.0. The number of fused-ring (bicyclic) bond motifs is 2. The van der Waals surface area contributed by atoms with E-state index in [2.05, 4.69) is 21.3 Å². The number of aliphatic carboxylic acids is 4. The third-order valence-electron chi connectivity index (χ3n) is 16.7. The quantitative estimate of drug-likeness (QED) is 0.0393. The van der Waals surface area contributed by atoms with E-state index in [-0.39, 0.29) is 88.1 Å². The first-order valence-electron chi connectivity index (χ1n) is 30.5. The molecule has 482 valence electrons. The average molecular weight is 1230 g/mol. The highest BCUT2D eigenvalue weighted by Crippen LogP contribution is 2.43. The number of hydrogen-bond acceptors (Lipinski definition) is 16. The number of hydrogen-bond donors (Lipinski definition) is 6. The van der Waals surface area contributed by atoms with Gasteiger partial charge in [0.05, 0.1) is 57.3 Å². The minimum atomic E-state index is -1.63. The van der Waals surface area contributed by atoms with Crippen LogP contribution in [0.3, 0.4) is 0 Å². The first kappa shape index (κ1) is 69.4. The number of nitrogens with zero attached hydrogens (tertiary/aromatic N) is 9. The molecule has 2 aliphatic carbocycles. The van der Waals surface area contributed by atoms with Crippen LogP contribution in [0.15, 0.2) is 59.8 Å². The SMILES string of the molecule is COc1cccc(OC)c1-c1cc(C(=O)NC2(C(=O)O)CCC3CC=C=C2C3)nn1-c1ccc(C(=O)N(C)CCCN(C)CCCN(C)C(=O)CCCCCNC(=O)CN2CCN(CC(=O)O)CCN(CC(=O)O)CCN(CC(=O)O)CC2)cc1C(C)C. The fraction of sp³-hybridized carbons (Fsp3) is 0.587. The van der Waals surface area contributed by atoms with Crippen molar-refractivity contribution in [3.63, 3.8) is 0 Å². The molecule has 25 heteroatoms. The van der Waals surface area contributed by atoms with Gasteiger partial charge < -0.3 is 55.2 Å². The smallest absolute Gasteiger partial charge is 0.334 e. The summed E-state index contributed by atoms with van der Waals surface area (Å²) in [6.45, 7) is 8.72. The third-order valence-corrected chi connectivity index (χ3v) is 16.7. The molecular formula is C63H91N11O14. The van der Waals surface area contributed by atoms with Gasteiger partial charge in [0, 0.05) is 104 Å². The zero-order valence-electron chi connectivity index (χ0n) is 52.3. The molecule has 25 nitrogen and oxygen atoms in total. The van der Waals surface area contributed by atoms with Crippen molar-refractivity contribution in [1.29, 1.82) is 0 Å². The Morgan fingerprint density at radius 2 is 1.26 bits per heavy atom. The molecule has 88 heavy (non-hydrogen) atoms. The summed E-state index contributed by atoms with van der Waals surface area (Å²) in [5.41, 5.74) is 4.89. The van der Waals surface area contributed by atoms with Gasteiger partial charge in [-0.15, -0.1) is 5.73 Å². The summed E-state index contributed by atoms with van der Waals surface area (Å²) in [5, 5.41) is 49.7. The zero-order chi connectivity index (χ0) is 64.1. The van der Waals surface area contributed by atoms with E-state index in [1.807, 2.05) is 44.0 Å². The van der Waals surface area contributed by atoms with E-state index in [0.29, 0.717) is 130 Å².